The normalized spacial score (nSPS) is 11.6. The second-order valence-electron chi connectivity index (χ2n) is 4.51. The molecular weight excluding hydrogens is 246 g/mol. The van der Waals surface area contributed by atoms with Gasteiger partial charge in [0.05, 0.1) is 11.9 Å². The average Bonchev–Trinajstić information content (AvgIpc) is 2.55. The Labute approximate surface area is 111 Å². The molecule has 0 fully saturated rings. The molecule has 0 saturated heterocycles. The molecule has 0 aliphatic rings. The smallest absolute Gasteiger partial charge is 0.146 e. The highest BCUT2D eigenvalue weighted by Gasteiger charge is 2.13. The third kappa shape index (κ3) is 2.45. The Morgan fingerprint density at radius 3 is 2.67 bits per heavy atom. The largest absolute Gasteiger partial charge is 0.383 e. The summed E-state index contributed by atoms with van der Waals surface area (Å²) in [6, 6.07) is 0. The number of nitrogens with two attached hydrogens (primary N) is 2. The fourth-order valence-electron chi connectivity index (χ4n) is 1.94. The van der Waals surface area contributed by atoms with E-state index in [-0.39, 0.29) is 0 Å². The molecule has 0 atom stereocenters. The molecule has 2 heterocycles. The summed E-state index contributed by atoms with van der Waals surface area (Å²) in [6.07, 6.45) is 0. The van der Waals surface area contributed by atoms with Crippen LogP contribution in [0.2, 0.25) is 0 Å². The summed E-state index contributed by atoms with van der Waals surface area (Å²) in [5, 5.41) is 1.00. The number of nitrogen functional groups attached to an aromatic ring is 1. The topological polar surface area (TPSA) is 81.1 Å². The molecule has 0 amide bonds. The maximum Gasteiger partial charge on any atom is 0.146 e. The van der Waals surface area contributed by atoms with Crippen LogP contribution >= 0.6 is 11.3 Å². The van der Waals surface area contributed by atoms with Crippen molar-refractivity contribution in [2.75, 3.05) is 25.9 Å². The van der Waals surface area contributed by atoms with Crippen LogP contribution in [-0.4, -0.2) is 35.0 Å². The highest BCUT2D eigenvalue weighted by atomic mass is 32.1. The number of hydrogen-bond acceptors (Lipinski definition) is 6. The zero-order valence-corrected chi connectivity index (χ0v) is 11.8. The van der Waals surface area contributed by atoms with Crippen molar-refractivity contribution in [3.8, 4) is 0 Å². The van der Waals surface area contributed by atoms with Gasteiger partial charge in [0.15, 0.2) is 0 Å². The summed E-state index contributed by atoms with van der Waals surface area (Å²) in [6.45, 7) is 6.28. The number of hydrogen-bond donors (Lipinski definition) is 2. The van der Waals surface area contributed by atoms with Crippen LogP contribution in [0.25, 0.3) is 10.2 Å². The minimum atomic E-state index is 0.581. The SMILES string of the molecule is Cc1sc2nc(CN(C)CCN)nc(N)c2c1C. The van der Waals surface area contributed by atoms with E-state index in [0.717, 1.165) is 22.6 Å². The van der Waals surface area contributed by atoms with Crippen LogP contribution < -0.4 is 11.5 Å². The van der Waals surface area contributed by atoms with Crippen LogP contribution in [0.5, 0.6) is 0 Å². The van der Waals surface area contributed by atoms with Gasteiger partial charge in [-0.3, -0.25) is 4.90 Å². The van der Waals surface area contributed by atoms with Crippen LogP contribution in [-0.2, 0) is 6.54 Å². The number of nitrogens with zero attached hydrogens (tertiary/aromatic N) is 3. The second kappa shape index (κ2) is 5.17. The number of likely N-dealkylation sites (N-methyl/N-ethyl adjacent to an activating group) is 1. The van der Waals surface area contributed by atoms with Gasteiger partial charge >= 0.3 is 0 Å². The van der Waals surface area contributed by atoms with Crippen LogP contribution in [0.3, 0.4) is 0 Å². The zero-order chi connectivity index (χ0) is 13.3. The first-order valence-electron chi connectivity index (χ1n) is 5.93. The summed E-state index contributed by atoms with van der Waals surface area (Å²) < 4.78 is 0. The van der Waals surface area contributed by atoms with Crippen molar-refractivity contribution in [1.82, 2.24) is 14.9 Å². The molecule has 4 N–H and O–H groups in total. The van der Waals surface area contributed by atoms with Gasteiger partial charge in [-0.05, 0) is 26.5 Å². The molecule has 5 nitrogen and oxygen atoms in total. The van der Waals surface area contributed by atoms with Crippen molar-refractivity contribution >= 4 is 27.4 Å². The molecule has 0 bridgehead atoms. The molecule has 98 valence electrons. The summed E-state index contributed by atoms with van der Waals surface area (Å²) in [4.78, 5) is 13.3. The Balaban J connectivity index is 2.37. The molecule has 6 heteroatoms. The highest BCUT2D eigenvalue weighted by Crippen LogP contribution is 2.31. The zero-order valence-electron chi connectivity index (χ0n) is 11.0. The van der Waals surface area contributed by atoms with E-state index < -0.39 is 0 Å². The fourth-order valence-corrected chi connectivity index (χ4v) is 2.99. The van der Waals surface area contributed by atoms with Crippen LogP contribution in [0.4, 0.5) is 5.82 Å². The van der Waals surface area contributed by atoms with E-state index in [9.17, 15) is 0 Å². The predicted molar refractivity (Wildman–Crippen MR) is 76.7 cm³/mol. The third-order valence-electron chi connectivity index (χ3n) is 3.03. The van der Waals surface area contributed by atoms with Gasteiger partial charge < -0.3 is 11.5 Å². The third-order valence-corrected chi connectivity index (χ3v) is 4.13. The molecule has 0 radical (unpaired) electrons. The van der Waals surface area contributed by atoms with E-state index in [4.69, 9.17) is 11.5 Å². The molecule has 0 spiro atoms. The van der Waals surface area contributed by atoms with Gasteiger partial charge in [-0.1, -0.05) is 0 Å². The first-order chi connectivity index (χ1) is 8.52. The Bertz CT molecular complexity index is 563. The van der Waals surface area contributed by atoms with Gasteiger partial charge in [0.1, 0.15) is 16.5 Å². The second-order valence-corrected chi connectivity index (χ2v) is 5.72. The van der Waals surface area contributed by atoms with E-state index >= 15 is 0 Å². The molecule has 2 aromatic heterocycles. The maximum atomic E-state index is 6.03. The molecule has 0 saturated carbocycles. The maximum absolute atomic E-state index is 6.03. The van der Waals surface area contributed by atoms with E-state index in [2.05, 4.69) is 28.7 Å². The number of fused-ring (bicyclic) bond motifs is 1. The van der Waals surface area contributed by atoms with E-state index in [0.29, 0.717) is 18.9 Å². The van der Waals surface area contributed by atoms with Crippen molar-refractivity contribution in [3.05, 3.63) is 16.3 Å². The van der Waals surface area contributed by atoms with Gasteiger partial charge in [-0.25, -0.2) is 9.97 Å². The summed E-state index contributed by atoms with van der Waals surface area (Å²) in [7, 11) is 2.00. The summed E-state index contributed by atoms with van der Waals surface area (Å²) in [5.41, 5.74) is 12.7. The van der Waals surface area contributed by atoms with Crippen molar-refractivity contribution in [2.24, 2.45) is 5.73 Å². The monoisotopic (exact) mass is 265 g/mol. The predicted octanol–water partition coefficient (Wildman–Crippen LogP) is 1.28. The Kier molecular flexibility index (Phi) is 3.79. The van der Waals surface area contributed by atoms with Crippen LogP contribution in [0.15, 0.2) is 0 Å². The van der Waals surface area contributed by atoms with Gasteiger partial charge in [0.25, 0.3) is 0 Å². The summed E-state index contributed by atoms with van der Waals surface area (Å²) in [5.74, 6) is 1.34. The Morgan fingerprint density at radius 2 is 2.00 bits per heavy atom. The lowest BCUT2D eigenvalue weighted by Gasteiger charge is -2.14. The lowest BCUT2D eigenvalue weighted by Crippen LogP contribution is -2.26. The van der Waals surface area contributed by atoms with E-state index in [1.165, 1.54) is 10.4 Å². The Hall–Kier alpha value is -1.24. The lowest BCUT2D eigenvalue weighted by atomic mass is 10.2. The molecule has 18 heavy (non-hydrogen) atoms. The van der Waals surface area contributed by atoms with Crippen LogP contribution in [0, 0.1) is 13.8 Å². The molecule has 0 aliphatic heterocycles. The number of aryl methyl sites for hydroxylation is 2. The van der Waals surface area contributed by atoms with E-state index in [1.807, 2.05) is 7.05 Å². The number of thiophene rings is 1. The minimum Gasteiger partial charge on any atom is -0.383 e. The molecule has 0 aliphatic carbocycles. The molecular formula is C12H19N5S. The Morgan fingerprint density at radius 1 is 1.28 bits per heavy atom. The van der Waals surface area contributed by atoms with Gasteiger partial charge in [-0.2, -0.15) is 0 Å². The van der Waals surface area contributed by atoms with Crippen molar-refractivity contribution in [2.45, 2.75) is 20.4 Å². The van der Waals surface area contributed by atoms with Crippen molar-refractivity contribution < 1.29 is 0 Å². The highest BCUT2D eigenvalue weighted by molar-refractivity contribution is 7.18. The average molecular weight is 265 g/mol. The molecule has 0 aromatic carbocycles. The number of anilines is 1. The van der Waals surface area contributed by atoms with Gasteiger partial charge in [0.2, 0.25) is 0 Å². The standard InChI is InChI=1S/C12H19N5S/c1-7-8(2)18-12-10(7)11(14)15-9(16-12)6-17(3)5-4-13/h4-6,13H2,1-3H3,(H2,14,15,16). The van der Waals surface area contributed by atoms with Crippen molar-refractivity contribution in [1.29, 1.82) is 0 Å². The molecule has 2 rings (SSSR count). The van der Waals surface area contributed by atoms with Crippen LogP contribution in [0.1, 0.15) is 16.3 Å². The number of aromatic nitrogens is 2. The molecule has 2 aromatic rings. The number of rotatable bonds is 4. The van der Waals surface area contributed by atoms with E-state index in [1.54, 1.807) is 11.3 Å². The first-order valence-corrected chi connectivity index (χ1v) is 6.75. The van der Waals surface area contributed by atoms with Crippen molar-refractivity contribution in [3.63, 3.8) is 0 Å². The first kappa shape index (κ1) is 13.2. The lowest BCUT2D eigenvalue weighted by molar-refractivity contribution is 0.328. The summed E-state index contributed by atoms with van der Waals surface area (Å²) >= 11 is 1.67. The fraction of sp³-hybridized carbons (Fsp3) is 0.500. The minimum absolute atomic E-state index is 0.581. The van der Waals surface area contributed by atoms with Gasteiger partial charge in [0, 0.05) is 18.0 Å². The quantitative estimate of drug-likeness (QED) is 0.870. The van der Waals surface area contributed by atoms with Gasteiger partial charge in [-0.15, -0.1) is 11.3 Å². The molecule has 0 unspecified atom stereocenters.